The van der Waals surface area contributed by atoms with Gasteiger partial charge in [0.1, 0.15) is 5.01 Å². The molecular formula is C22H24N4O2S. The standard InChI is InChI=1S/C22H24N4O2S/c1-14(2)20-24-25-22(29-20)23-19(27)16-10-12-26(13-11-16)21(28)18-9-5-7-15-6-3-4-8-17(15)18/h3-9,14,16H,10-13H2,1-2H3,(H,23,25,27). The average Bonchev–Trinajstić information content (AvgIpc) is 3.22. The van der Waals surface area contributed by atoms with Gasteiger partial charge in [-0.3, -0.25) is 9.59 Å². The molecule has 1 fully saturated rings. The van der Waals surface area contributed by atoms with Crippen LogP contribution in [-0.4, -0.2) is 40.0 Å². The molecule has 1 N–H and O–H groups in total. The molecule has 150 valence electrons. The Balaban J connectivity index is 1.38. The summed E-state index contributed by atoms with van der Waals surface area (Å²) in [4.78, 5) is 27.5. The second-order valence-electron chi connectivity index (χ2n) is 7.68. The predicted molar refractivity (Wildman–Crippen MR) is 115 cm³/mol. The first-order valence-corrected chi connectivity index (χ1v) is 10.8. The van der Waals surface area contributed by atoms with Crippen molar-refractivity contribution in [3.05, 3.63) is 53.0 Å². The molecule has 0 atom stereocenters. The van der Waals surface area contributed by atoms with Crippen LogP contribution in [0.25, 0.3) is 10.8 Å². The number of amides is 2. The van der Waals surface area contributed by atoms with Crippen LogP contribution in [0.1, 0.15) is 48.0 Å². The molecule has 0 spiro atoms. The van der Waals surface area contributed by atoms with Crippen molar-refractivity contribution in [2.24, 2.45) is 5.92 Å². The summed E-state index contributed by atoms with van der Waals surface area (Å²) < 4.78 is 0. The first kappa shape index (κ1) is 19.5. The topological polar surface area (TPSA) is 75.2 Å². The Morgan fingerprint density at radius 2 is 1.79 bits per heavy atom. The number of nitrogens with one attached hydrogen (secondary N) is 1. The monoisotopic (exact) mass is 408 g/mol. The highest BCUT2D eigenvalue weighted by Crippen LogP contribution is 2.26. The fourth-order valence-corrected chi connectivity index (χ4v) is 4.40. The van der Waals surface area contributed by atoms with E-state index in [2.05, 4.69) is 29.4 Å². The molecule has 4 rings (SSSR count). The molecule has 0 unspecified atom stereocenters. The van der Waals surface area contributed by atoms with Crippen LogP contribution in [0, 0.1) is 5.92 Å². The second-order valence-corrected chi connectivity index (χ2v) is 8.69. The Kier molecular flexibility index (Phi) is 5.58. The SMILES string of the molecule is CC(C)c1nnc(NC(=O)C2CCN(C(=O)c3cccc4ccccc34)CC2)s1. The lowest BCUT2D eigenvalue weighted by molar-refractivity contribution is -0.121. The number of rotatable bonds is 4. The fraction of sp³-hybridized carbons (Fsp3) is 0.364. The summed E-state index contributed by atoms with van der Waals surface area (Å²) >= 11 is 1.42. The van der Waals surface area contributed by atoms with Gasteiger partial charge in [-0.15, -0.1) is 10.2 Å². The Morgan fingerprint density at radius 1 is 1.07 bits per heavy atom. The van der Waals surface area contributed by atoms with Gasteiger partial charge < -0.3 is 10.2 Å². The van der Waals surface area contributed by atoms with E-state index in [1.165, 1.54) is 11.3 Å². The maximum absolute atomic E-state index is 13.1. The summed E-state index contributed by atoms with van der Waals surface area (Å²) in [5.74, 6) is 0.180. The zero-order valence-corrected chi connectivity index (χ0v) is 17.4. The summed E-state index contributed by atoms with van der Waals surface area (Å²) in [6.45, 7) is 5.25. The molecule has 1 aliphatic heterocycles. The molecule has 1 aromatic heterocycles. The highest BCUT2D eigenvalue weighted by Gasteiger charge is 2.29. The smallest absolute Gasteiger partial charge is 0.254 e. The van der Waals surface area contributed by atoms with Crippen molar-refractivity contribution in [2.75, 3.05) is 18.4 Å². The third-order valence-corrected chi connectivity index (χ3v) is 6.48. The van der Waals surface area contributed by atoms with Crippen LogP contribution in [0.15, 0.2) is 42.5 Å². The Labute approximate surface area is 173 Å². The lowest BCUT2D eigenvalue weighted by atomic mass is 9.95. The van der Waals surface area contributed by atoms with Gasteiger partial charge in [0.25, 0.3) is 5.91 Å². The van der Waals surface area contributed by atoms with Crippen LogP contribution in [-0.2, 0) is 4.79 Å². The number of nitrogens with zero attached hydrogens (tertiary/aromatic N) is 3. The molecule has 1 aliphatic rings. The van der Waals surface area contributed by atoms with E-state index in [9.17, 15) is 9.59 Å². The largest absolute Gasteiger partial charge is 0.339 e. The lowest BCUT2D eigenvalue weighted by Crippen LogP contribution is -2.41. The van der Waals surface area contributed by atoms with E-state index in [-0.39, 0.29) is 17.7 Å². The number of carbonyl (C=O) groups excluding carboxylic acids is 2. The molecule has 0 radical (unpaired) electrons. The van der Waals surface area contributed by atoms with Gasteiger partial charge in [0.2, 0.25) is 11.0 Å². The molecule has 2 aromatic carbocycles. The number of piperidine rings is 1. The number of aromatic nitrogens is 2. The zero-order chi connectivity index (χ0) is 20.4. The third kappa shape index (κ3) is 4.15. The maximum atomic E-state index is 13.1. The summed E-state index contributed by atoms with van der Waals surface area (Å²) in [5, 5.41) is 14.5. The van der Waals surface area contributed by atoms with Gasteiger partial charge in [-0.05, 0) is 29.7 Å². The first-order valence-electron chi connectivity index (χ1n) is 9.94. The van der Waals surface area contributed by atoms with Crippen LogP contribution in [0.3, 0.4) is 0 Å². The summed E-state index contributed by atoms with van der Waals surface area (Å²) in [6.07, 6.45) is 1.30. The van der Waals surface area contributed by atoms with Gasteiger partial charge in [0.05, 0.1) is 0 Å². The minimum Gasteiger partial charge on any atom is -0.339 e. The molecule has 0 bridgehead atoms. The van der Waals surface area contributed by atoms with Crippen molar-refractivity contribution < 1.29 is 9.59 Å². The Bertz CT molecular complexity index is 1030. The quantitative estimate of drug-likeness (QED) is 0.698. The molecule has 29 heavy (non-hydrogen) atoms. The number of carbonyl (C=O) groups is 2. The Hall–Kier alpha value is -2.80. The third-order valence-electron chi connectivity index (χ3n) is 5.34. The number of hydrogen-bond acceptors (Lipinski definition) is 5. The molecule has 6 nitrogen and oxygen atoms in total. The van der Waals surface area contributed by atoms with E-state index in [0.29, 0.717) is 37.0 Å². The number of anilines is 1. The van der Waals surface area contributed by atoms with E-state index in [1.807, 2.05) is 47.4 Å². The molecule has 3 aromatic rings. The van der Waals surface area contributed by atoms with Crippen LogP contribution in [0.5, 0.6) is 0 Å². The van der Waals surface area contributed by atoms with Crippen molar-refractivity contribution >= 4 is 39.1 Å². The highest BCUT2D eigenvalue weighted by atomic mass is 32.1. The van der Waals surface area contributed by atoms with Gasteiger partial charge in [-0.1, -0.05) is 61.6 Å². The number of likely N-dealkylation sites (tertiary alicyclic amines) is 1. The summed E-state index contributed by atoms with van der Waals surface area (Å²) in [5.41, 5.74) is 0.723. The van der Waals surface area contributed by atoms with Crippen molar-refractivity contribution in [1.29, 1.82) is 0 Å². The van der Waals surface area contributed by atoms with E-state index < -0.39 is 0 Å². The van der Waals surface area contributed by atoms with Gasteiger partial charge in [0.15, 0.2) is 0 Å². The molecule has 1 saturated heterocycles. The zero-order valence-electron chi connectivity index (χ0n) is 16.6. The number of benzene rings is 2. The van der Waals surface area contributed by atoms with E-state index in [1.54, 1.807) is 0 Å². The van der Waals surface area contributed by atoms with Gasteiger partial charge in [0, 0.05) is 30.5 Å². The normalized spacial score (nSPS) is 15.1. The highest BCUT2D eigenvalue weighted by molar-refractivity contribution is 7.15. The van der Waals surface area contributed by atoms with E-state index in [4.69, 9.17) is 0 Å². The molecule has 0 aliphatic carbocycles. The van der Waals surface area contributed by atoms with Crippen molar-refractivity contribution in [3.8, 4) is 0 Å². The van der Waals surface area contributed by atoms with E-state index in [0.717, 1.165) is 21.3 Å². The minimum absolute atomic E-state index is 0.0336. The molecule has 0 saturated carbocycles. The molecule has 2 amide bonds. The van der Waals surface area contributed by atoms with Crippen molar-refractivity contribution in [2.45, 2.75) is 32.6 Å². The van der Waals surface area contributed by atoms with Crippen molar-refractivity contribution in [3.63, 3.8) is 0 Å². The van der Waals surface area contributed by atoms with Crippen LogP contribution in [0.4, 0.5) is 5.13 Å². The number of hydrogen-bond donors (Lipinski definition) is 1. The van der Waals surface area contributed by atoms with Gasteiger partial charge in [-0.25, -0.2) is 0 Å². The molecule has 2 heterocycles. The summed E-state index contributed by atoms with van der Waals surface area (Å²) in [7, 11) is 0. The first-order chi connectivity index (χ1) is 14.0. The van der Waals surface area contributed by atoms with Crippen LogP contribution in [0.2, 0.25) is 0 Å². The van der Waals surface area contributed by atoms with Crippen molar-refractivity contribution in [1.82, 2.24) is 15.1 Å². The average molecular weight is 409 g/mol. The van der Waals surface area contributed by atoms with Crippen LogP contribution >= 0.6 is 11.3 Å². The predicted octanol–water partition coefficient (Wildman–Crippen LogP) is 4.31. The van der Waals surface area contributed by atoms with Gasteiger partial charge in [-0.2, -0.15) is 0 Å². The van der Waals surface area contributed by atoms with Crippen LogP contribution < -0.4 is 5.32 Å². The maximum Gasteiger partial charge on any atom is 0.254 e. The lowest BCUT2D eigenvalue weighted by Gasteiger charge is -2.31. The van der Waals surface area contributed by atoms with E-state index >= 15 is 0 Å². The van der Waals surface area contributed by atoms with Gasteiger partial charge >= 0.3 is 0 Å². The number of fused-ring (bicyclic) bond motifs is 1. The minimum atomic E-state index is -0.113. The second kappa shape index (κ2) is 8.29. The summed E-state index contributed by atoms with van der Waals surface area (Å²) in [6, 6.07) is 13.7. The molecule has 7 heteroatoms. The fourth-order valence-electron chi connectivity index (χ4n) is 3.65. The molecular weight excluding hydrogens is 384 g/mol. The Morgan fingerprint density at radius 3 is 2.52 bits per heavy atom.